The zero-order valence-electron chi connectivity index (χ0n) is 13.2. The van der Waals surface area contributed by atoms with Crippen molar-refractivity contribution in [3.8, 4) is 0 Å². The summed E-state index contributed by atoms with van der Waals surface area (Å²) in [6.45, 7) is 7.95. The molecule has 21 heavy (non-hydrogen) atoms. The normalized spacial score (nSPS) is 10.7. The SMILES string of the molecule is CCCCNC(=O)CCN(CC(C)C)C(=O)c1ccoc1. The molecule has 0 unspecified atom stereocenters. The summed E-state index contributed by atoms with van der Waals surface area (Å²) in [4.78, 5) is 25.8. The number of nitrogens with one attached hydrogen (secondary N) is 1. The Morgan fingerprint density at radius 1 is 1.38 bits per heavy atom. The smallest absolute Gasteiger partial charge is 0.257 e. The lowest BCUT2D eigenvalue weighted by atomic mass is 10.1. The van der Waals surface area contributed by atoms with E-state index in [1.807, 2.05) is 0 Å². The third-order valence-corrected chi connectivity index (χ3v) is 3.10. The van der Waals surface area contributed by atoms with Crippen LogP contribution >= 0.6 is 0 Å². The van der Waals surface area contributed by atoms with Gasteiger partial charge in [-0.05, 0) is 18.4 Å². The van der Waals surface area contributed by atoms with Crippen LogP contribution in [0, 0.1) is 5.92 Å². The van der Waals surface area contributed by atoms with Crippen molar-refractivity contribution in [3.63, 3.8) is 0 Å². The highest BCUT2D eigenvalue weighted by Gasteiger charge is 2.18. The van der Waals surface area contributed by atoms with E-state index in [-0.39, 0.29) is 11.8 Å². The number of unbranched alkanes of at least 4 members (excludes halogenated alkanes) is 1. The maximum absolute atomic E-state index is 12.3. The number of hydrogen-bond donors (Lipinski definition) is 1. The van der Waals surface area contributed by atoms with E-state index in [0.29, 0.717) is 37.5 Å². The molecule has 0 fully saturated rings. The Kier molecular flexibility index (Phi) is 7.58. The van der Waals surface area contributed by atoms with Crippen LogP contribution in [0.5, 0.6) is 0 Å². The van der Waals surface area contributed by atoms with Crippen LogP contribution in [0.25, 0.3) is 0 Å². The van der Waals surface area contributed by atoms with E-state index < -0.39 is 0 Å². The standard InChI is InChI=1S/C16H26N2O3/c1-4-5-8-17-15(19)6-9-18(11-13(2)3)16(20)14-7-10-21-12-14/h7,10,12-13H,4-6,8-9,11H2,1-3H3,(H,17,19). The fourth-order valence-corrected chi connectivity index (χ4v) is 2.01. The van der Waals surface area contributed by atoms with Crippen LogP contribution in [-0.4, -0.2) is 36.3 Å². The van der Waals surface area contributed by atoms with Crippen molar-refractivity contribution in [1.82, 2.24) is 10.2 Å². The van der Waals surface area contributed by atoms with E-state index >= 15 is 0 Å². The van der Waals surface area contributed by atoms with Gasteiger partial charge in [0.15, 0.2) is 0 Å². The molecule has 1 aromatic rings. The Hall–Kier alpha value is -1.78. The number of hydrogen-bond acceptors (Lipinski definition) is 3. The molecule has 0 atom stereocenters. The highest BCUT2D eigenvalue weighted by Crippen LogP contribution is 2.09. The Morgan fingerprint density at radius 3 is 2.71 bits per heavy atom. The first-order valence-corrected chi connectivity index (χ1v) is 7.62. The highest BCUT2D eigenvalue weighted by molar-refractivity contribution is 5.94. The lowest BCUT2D eigenvalue weighted by Gasteiger charge is -2.24. The molecular weight excluding hydrogens is 268 g/mol. The molecule has 5 heteroatoms. The molecule has 0 aliphatic rings. The zero-order valence-corrected chi connectivity index (χ0v) is 13.2. The van der Waals surface area contributed by atoms with Crippen molar-refractivity contribution in [3.05, 3.63) is 24.2 Å². The third-order valence-electron chi connectivity index (χ3n) is 3.10. The lowest BCUT2D eigenvalue weighted by molar-refractivity contribution is -0.121. The minimum absolute atomic E-state index is 0.00259. The molecule has 1 rings (SSSR count). The van der Waals surface area contributed by atoms with Gasteiger partial charge in [-0.1, -0.05) is 27.2 Å². The predicted octanol–water partition coefficient (Wildman–Crippen LogP) is 2.68. The number of carbonyl (C=O) groups is 2. The van der Waals surface area contributed by atoms with Gasteiger partial charge >= 0.3 is 0 Å². The van der Waals surface area contributed by atoms with Crippen LogP contribution in [0.3, 0.4) is 0 Å². The summed E-state index contributed by atoms with van der Waals surface area (Å²) in [5.41, 5.74) is 0.530. The lowest BCUT2D eigenvalue weighted by Crippen LogP contribution is -2.37. The number of amides is 2. The average Bonchev–Trinajstić information content (AvgIpc) is 2.96. The van der Waals surface area contributed by atoms with Crippen LogP contribution in [0.4, 0.5) is 0 Å². The van der Waals surface area contributed by atoms with Crippen molar-refractivity contribution in [2.45, 2.75) is 40.0 Å². The summed E-state index contributed by atoms with van der Waals surface area (Å²) in [5, 5.41) is 2.87. The van der Waals surface area contributed by atoms with Gasteiger partial charge in [-0.15, -0.1) is 0 Å². The van der Waals surface area contributed by atoms with Crippen molar-refractivity contribution >= 4 is 11.8 Å². The Bertz CT molecular complexity index is 427. The summed E-state index contributed by atoms with van der Waals surface area (Å²) in [5.74, 6) is 0.264. The van der Waals surface area contributed by atoms with Gasteiger partial charge in [-0.25, -0.2) is 0 Å². The van der Waals surface area contributed by atoms with Crippen molar-refractivity contribution in [2.75, 3.05) is 19.6 Å². The van der Waals surface area contributed by atoms with E-state index in [9.17, 15) is 9.59 Å². The molecule has 1 N–H and O–H groups in total. The quantitative estimate of drug-likeness (QED) is 0.712. The van der Waals surface area contributed by atoms with Gasteiger partial charge in [0.1, 0.15) is 6.26 Å². The topological polar surface area (TPSA) is 62.6 Å². The molecule has 1 heterocycles. The Balaban J connectivity index is 2.50. The molecule has 0 aliphatic carbocycles. The minimum Gasteiger partial charge on any atom is -0.472 e. The van der Waals surface area contributed by atoms with E-state index in [4.69, 9.17) is 4.42 Å². The first kappa shape index (κ1) is 17.3. The van der Waals surface area contributed by atoms with E-state index in [1.54, 1.807) is 11.0 Å². The van der Waals surface area contributed by atoms with Gasteiger partial charge in [-0.2, -0.15) is 0 Å². The molecule has 118 valence electrons. The van der Waals surface area contributed by atoms with E-state index in [0.717, 1.165) is 12.8 Å². The molecule has 0 aliphatic heterocycles. The number of nitrogens with zero attached hydrogens (tertiary/aromatic N) is 1. The van der Waals surface area contributed by atoms with Gasteiger partial charge in [-0.3, -0.25) is 9.59 Å². The van der Waals surface area contributed by atoms with E-state index in [1.165, 1.54) is 12.5 Å². The minimum atomic E-state index is -0.0844. The summed E-state index contributed by atoms with van der Waals surface area (Å²) in [7, 11) is 0. The molecule has 0 bridgehead atoms. The summed E-state index contributed by atoms with van der Waals surface area (Å²) in [6.07, 6.45) is 5.30. The average molecular weight is 294 g/mol. The second kappa shape index (κ2) is 9.21. The van der Waals surface area contributed by atoms with Gasteiger partial charge in [0.25, 0.3) is 5.91 Å². The third kappa shape index (κ3) is 6.47. The molecule has 1 aromatic heterocycles. The monoisotopic (exact) mass is 294 g/mol. The first-order chi connectivity index (χ1) is 10.0. The van der Waals surface area contributed by atoms with Gasteiger partial charge in [0, 0.05) is 26.1 Å². The molecule has 0 radical (unpaired) electrons. The van der Waals surface area contributed by atoms with Gasteiger partial charge < -0.3 is 14.6 Å². The fraction of sp³-hybridized carbons (Fsp3) is 0.625. The first-order valence-electron chi connectivity index (χ1n) is 7.62. The Labute approximate surface area is 126 Å². The van der Waals surface area contributed by atoms with E-state index in [2.05, 4.69) is 26.1 Å². The molecular formula is C16H26N2O3. The van der Waals surface area contributed by atoms with Crippen molar-refractivity contribution < 1.29 is 14.0 Å². The van der Waals surface area contributed by atoms with Crippen LogP contribution in [0.1, 0.15) is 50.4 Å². The molecule has 0 spiro atoms. The molecule has 0 saturated heterocycles. The van der Waals surface area contributed by atoms with Crippen LogP contribution in [0.15, 0.2) is 23.0 Å². The molecule has 0 saturated carbocycles. The van der Waals surface area contributed by atoms with Crippen LogP contribution < -0.4 is 5.32 Å². The predicted molar refractivity (Wildman–Crippen MR) is 82.0 cm³/mol. The second-order valence-corrected chi connectivity index (χ2v) is 5.61. The number of rotatable bonds is 9. The van der Waals surface area contributed by atoms with Crippen LogP contribution in [-0.2, 0) is 4.79 Å². The van der Waals surface area contributed by atoms with Gasteiger partial charge in [0.05, 0.1) is 11.8 Å². The van der Waals surface area contributed by atoms with Gasteiger partial charge in [0.2, 0.25) is 5.91 Å². The fourth-order valence-electron chi connectivity index (χ4n) is 2.01. The molecule has 0 aromatic carbocycles. The van der Waals surface area contributed by atoms with Crippen LogP contribution in [0.2, 0.25) is 0 Å². The summed E-state index contributed by atoms with van der Waals surface area (Å²) >= 11 is 0. The summed E-state index contributed by atoms with van der Waals surface area (Å²) < 4.78 is 4.96. The second-order valence-electron chi connectivity index (χ2n) is 5.61. The number of carbonyl (C=O) groups excluding carboxylic acids is 2. The van der Waals surface area contributed by atoms with Crippen molar-refractivity contribution in [1.29, 1.82) is 0 Å². The zero-order chi connectivity index (χ0) is 15.7. The molecule has 5 nitrogen and oxygen atoms in total. The number of furan rings is 1. The highest BCUT2D eigenvalue weighted by atomic mass is 16.3. The Morgan fingerprint density at radius 2 is 2.14 bits per heavy atom. The summed E-state index contributed by atoms with van der Waals surface area (Å²) in [6, 6.07) is 1.65. The largest absolute Gasteiger partial charge is 0.472 e. The van der Waals surface area contributed by atoms with Crippen molar-refractivity contribution in [2.24, 2.45) is 5.92 Å². The maximum Gasteiger partial charge on any atom is 0.257 e. The maximum atomic E-state index is 12.3. The molecule has 2 amide bonds.